The molecule has 0 fully saturated rings. The summed E-state index contributed by atoms with van der Waals surface area (Å²) >= 11 is 0. The van der Waals surface area contributed by atoms with Crippen LogP contribution < -0.4 is 15.0 Å². The Hall–Kier alpha value is -3.67. The van der Waals surface area contributed by atoms with Gasteiger partial charge in [-0.05, 0) is 23.8 Å². The first kappa shape index (κ1) is 18.7. The molecule has 0 spiro atoms. The lowest BCUT2D eigenvalue weighted by molar-refractivity contribution is -0.121. The number of fused-ring (bicyclic) bond motifs is 1. The molecule has 1 aliphatic heterocycles. The smallest absolute Gasteiger partial charge is 0.265 e. The van der Waals surface area contributed by atoms with Crippen molar-refractivity contribution in [3.05, 3.63) is 89.7 Å². The van der Waals surface area contributed by atoms with E-state index < -0.39 is 0 Å². The number of ether oxygens (including phenoxy) is 1. The van der Waals surface area contributed by atoms with Gasteiger partial charge >= 0.3 is 0 Å². The van der Waals surface area contributed by atoms with Crippen molar-refractivity contribution in [3.63, 3.8) is 0 Å². The molecule has 0 aliphatic carbocycles. The minimum absolute atomic E-state index is 0.113. The topological polar surface area (TPSA) is 58.6 Å². The Labute approximate surface area is 167 Å². The molecule has 1 N–H and O–H groups in total. The molecule has 0 radical (unpaired) electrons. The van der Waals surface area contributed by atoms with Crippen LogP contribution in [0.1, 0.15) is 11.1 Å². The standard InChI is InChI=1S/C23H19FN2O3/c24-19-9-5-4-8-17(19)14-26-20-11-10-18(13-21(20)29-15-23(26)28)25-22(27)12-16-6-2-1-3-7-16/h1-11,13H,12,14-15H2,(H,25,27). The zero-order valence-corrected chi connectivity index (χ0v) is 15.6. The Kier molecular flexibility index (Phi) is 5.24. The van der Waals surface area contributed by atoms with Gasteiger partial charge in [-0.1, -0.05) is 48.5 Å². The number of carbonyl (C=O) groups is 2. The first-order valence-electron chi connectivity index (χ1n) is 9.24. The highest BCUT2D eigenvalue weighted by atomic mass is 19.1. The fraction of sp³-hybridized carbons (Fsp3) is 0.130. The van der Waals surface area contributed by atoms with Crippen LogP contribution >= 0.6 is 0 Å². The Balaban J connectivity index is 1.51. The van der Waals surface area contributed by atoms with E-state index in [-0.39, 0.29) is 37.2 Å². The van der Waals surface area contributed by atoms with Gasteiger partial charge in [0.15, 0.2) is 6.61 Å². The van der Waals surface area contributed by atoms with Crippen molar-refractivity contribution < 1.29 is 18.7 Å². The van der Waals surface area contributed by atoms with Crippen LogP contribution in [-0.2, 0) is 22.6 Å². The highest BCUT2D eigenvalue weighted by molar-refractivity contribution is 5.99. The maximum absolute atomic E-state index is 14.0. The molecule has 0 aromatic heterocycles. The molecule has 29 heavy (non-hydrogen) atoms. The fourth-order valence-corrected chi connectivity index (χ4v) is 3.24. The van der Waals surface area contributed by atoms with E-state index in [1.807, 2.05) is 30.3 Å². The molecule has 1 aliphatic rings. The van der Waals surface area contributed by atoms with Gasteiger partial charge in [0.25, 0.3) is 5.91 Å². The van der Waals surface area contributed by atoms with Crippen LogP contribution in [-0.4, -0.2) is 18.4 Å². The molecule has 0 bridgehead atoms. The lowest BCUT2D eigenvalue weighted by Crippen LogP contribution is -2.38. The molecule has 0 atom stereocenters. The van der Waals surface area contributed by atoms with Crippen LogP contribution in [0.4, 0.5) is 15.8 Å². The summed E-state index contributed by atoms with van der Waals surface area (Å²) in [4.78, 5) is 26.1. The van der Waals surface area contributed by atoms with E-state index in [2.05, 4.69) is 5.32 Å². The Morgan fingerprint density at radius 2 is 1.79 bits per heavy atom. The third-order valence-electron chi connectivity index (χ3n) is 4.68. The number of halogens is 1. The summed E-state index contributed by atoms with van der Waals surface area (Å²) < 4.78 is 19.6. The van der Waals surface area contributed by atoms with Gasteiger partial charge in [0.1, 0.15) is 11.6 Å². The third kappa shape index (κ3) is 4.27. The summed E-state index contributed by atoms with van der Waals surface area (Å²) in [5.74, 6) is -0.288. The summed E-state index contributed by atoms with van der Waals surface area (Å²) in [5, 5.41) is 2.84. The summed E-state index contributed by atoms with van der Waals surface area (Å²) in [5.41, 5.74) is 2.46. The zero-order valence-electron chi connectivity index (χ0n) is 15.6. The molecule has 3 aromatic carbocycles. The lowest BCUT2D eigenvalue weighted by Gasteiger charge is -2.30. The number of amides is 2. The van der Waals surface area contributed by atoms with Crippen molar-refractivity contribution in [1.82, 2.24) is 0 Å². The van der Waals surface area contributed by atoms with E-state index in [0.29, 0.717) is 22.7 Å². The molecule has 5 nitrogen and oxygen atoms in total. The molecular formula is C23H19FN2O3. The van der Waals surface area contributed by atoms with Gasteiger partial charge in [-0.3, -0.25) is 9.59 Å². The van der Waals surface area contributed by atoms with Gasteiger partial charge in [-0.25, -0.2) is 4.39 Å². The van der Waals surface area contributed by atoms with E-state index in [1.165, 1.54) is 11.0 Å². The molecule has 1 heterocycles. The summed E-state index contributed by atoms with van der Waals surface area (Å²) in [6, 6.07) is 20.9. The van der Waals surface area contributed by atoms with Gasteiger partial charge in [-0.2, -0.15) is 0 Å². The SMILES string of the molecule is O=C(Cc1ccccc1)Nc1ccc2c(c1)OCC(=O)N2Cc1ccccc1F. The maximum Gasteiger partial charge on any atom is 0.265 e. The van der Waals surface area contributed by atoms with Crippen molar-refractivity contribution in [2.24, 2.45) is 0 Å². The van der Waals surface area contributed by atoms with Crippen LogP contribution in [0.15, 0.2) is 72.8 Å². The average Bonchev–Trinajstić information content (AvgIpc) is 2.72. The van der Waals surface area contributed by atoms with E-state index in [4.69, 9.17) is 4.74 Å². The second kappa shape index (κ2) is 8.14. The predicted molar refractivity (Wildman–Crippen MR) is 108 cm³/mol. The number of anilines is 2. The van der Waals surface area contributed by atoms with Crippen LogP contribution in [0.25, 0.3) is 0 Å². The van der Waals surface area contributed by atoms with Crippen LogP contribution in [0, 0.1) is 5.82 Å². The minimum Gasteiger partial charge on any atom is -0.481 e. The van der Waals surface area contributed by atoms with Crippen molar-refractivity contribution in [3.8, 4) is 5.75 Å². The fourth-order valence-electron chi connectivity index (χ4n) is 3.24. The molecule has 0 saturated carbocycles. The Morgan fingerprint density at radius 3 is 2.59 bits per heavy atom. The van der Waals surface area contributed by atoms with Crippen LogP contribution in [0.5, 0.6) is 5.75 Å². The number of carbonyl (C=O) groups excluding carboxylic acids is 2. The van der Waals surface area contributed by atoms with Crippen molar-refractivity contribution >= 4 is 23.2 Å². The molecule has 2 amide bonds. The average molecular weight is 390 g/mol. The first-order chi connectivity index (χ1) is 14.1. The molecule has 4 rings (SSSR count). The van der Waals surface area contributed by atoms with Crippen LogP contribution in [0.3, 0.4) is 0 Å². The number of hydrogen-bond donors (Lipinski definition) is 1. The van der Waals surface area contributed by atoms with E-state index >= 15 is 0 Å². The molecular weight excluding hydrogens is 371 g/mol. The Morgan fingerprint density at radius 1 is 1.03 bits per heavy atom. The van der Waals surface area contributed by atoms with Crippen LogP contribution in [0.2, 0.25) is 0 Å². The zero-order chi connectivity index (χ0) is 20.2. The molecule has 6 heteroatoms. The van der Waals surface area contributed by atoms with E-state index in [1.54, 1.807) is 36.4 Å². The van der Waals surface area contributed by atoms with E-state index in [9.17, 15) is 14.0 Å². The van der Waals surface area contributed by atoms with Crippen molar-refractivity contribution in [2.75, 3.05) is 16.8 Å². The number of rotatable bonds is 5. The molecule has 0 saturated heterocycles. The lowest BCUT2D eigenvalue weighted by atomic mass is 10.1. The largest absolute Gasteiger partial charge is 0.481 e. The molecule has 0 unspecified atom stereocenters. The summed E-state index contributed by atoms with van der Waals surface area (Å²) in [6.07, 6.45) is 0.261. The monoisotopic (exact) mass is 390 g/mol. The third-order valence-corrected chi connectivity index (χ3v) is 4.68. The first-order valence-corrected chi connectivity index (χ1v) is 9.24. The van der Waals surface area contributed by atoms with Crippen molar-refractivity contribution in [1.29, 1.82) is 0 Å². The number of benzene rings is 3. The summed E-state index contributed by atoms with van der Waals surface area (Å²) in [7, 11) is 0. The predicted octanol–water partition coefficient (Wildman–Crippen LogP) is 3.93. The molecule has 146 valence electrons. The quantitative estimate of drug-likeness (QED) is 0.718. The van der Waals surface area contributed by atoms with Gasteiger partial charge in [-0.15, -0.1) is 0 Å². The second-order valence-corrected chi connectivity index (χ2v) is 6.75. The number of hydrogen-bond acceptors (Lipinski definition) is 3. The molecule has 3 aromatic rings. The van der Waals surface area contributed by atoms with E-state index in [0.717, 1.165) is 5.56 Å². The highest BCUT2D eigenvalue weighted by Crippen LogP contribution is 2.35. The van der Waals surface area contributed by atoms with Gasteiger partial charge in [0, 0.05) is 17.3 Å². The number of nitrogens with one attached hydrogen (secondary N) is 1. The maximum atomic E-state index is 14.0. The minimum atomic E-state index is -0.363. The second-order valence-electron chi connectivity index (χ2n) is 6.75. The van der Waals surface area contributed by atoms with Crippen molar-refractivity contribution in [2.45, 2.75) is 13.0 Å². The Bertz CT molecular complexity index is 1050. The van der Waals surface area contributed by atoms with Gasteiger partial charge < -0.3 is 15.0 Å². The van der Waals surface area contributed by atoms with Gasteiger partial charge in [0.05, 0.1) is 18.7 Å². The summed E-state index contributed by atoms with van der Waals surface area (Å²) in [6.45, 7) is -0.0234. The number of nitrogens with zero attached hydrogens (tertiary/aromatic N) is 1. The van der Waals surface area contributed by atoms with Gasteiger partial charge in [0.2, 0.25) is 5.91 Å². The highest BCUT2D eigenvalue weighted by Gasteiger charge is 2.26. The normalized spacial score (nSPS) is 12.9.